The fraction of sp³-hybridized carbons (Fsp3) is 0.800. The van der Waals surface area contributed by atoms with Gasteiger partial charge in [0.05, 0.1) is 52.9 Å². The molecule has 8 heteroatoms. The van der Waals surface area contributed by atoms with Gasteiger partial charge >= 0.3 is 0 Å². The molecule has 0 fully saturated rings. The first-order valence-corrected chi connectivity index (χ1v) is 10.6. The standard InChI is InChI=1S/C8H19NO2S.2C6H12O2/c1-10-5-6-11-4-2-7-12-8-3-9;2*1-3-4-8-6-5-7-2/h2-9H2,1H3;2*3H,1,4-6H2,2H3. The first-order chi connectivity index (χ1) is 13.7. The average Bonchev–Trinajstić information content (AvgIpc) is 2.72. The van der Waals surface area contributed by atoms with Crippen molar-refractivity contribution in [3.8, 4) is 0 Å². The van der Waals surface area contributed by atoms with Gasteiger partial charge in [-0.15, -0.1) is 13.2 Å². The number of hydrogen-bond acceptors (Lipinski definition) is 8. The van der Waals surface area contributed by atoms with Gasteiger partial charge in [-0.05, 0) is 12.2 Å². The van der Waals surface area contributed by atoms with Crippen molar-refractivity contribution in [2.75, 3.05) is 98.8 Å². The molecule has 170 valence electrons. The lowest BCUT2D eigenvalue weighted by atomic mass is 10.5. The van der Waals surface area contributed by atoms with Crippen LogP contribution in [0.15, 0.2) is 25.3 Å². The third-order valence-electron chi connectivity index (χ3n) is 2.61. The van der Waals surface area contributed by atoms with Gasteiger partial charge in [-0.3, -0.25) is 0 Å². The van der Waals surface area contributed by atoms with Gasteiger partial charge < -0.3 is 34.2 Å². The van der Waals surface area contributed by atoms with Gasteiger partial charge in [-0.2, -0.15) is 11.8 Å². The van der Waals surface area contributed by atoms with Crippen LogP contribution in [0.1, 0.15) is 6.42 Å². The average molecular weight is 426 g/mol. The summed E-state index contributed by atoms with van der Waals surface area (Å²) in [4.78, 5) is 0. The molecule has 0 rings (SSSR count). The van der Waals surface area contributed by atoms with Gasteiger partial charge in [0.2, 0.25) is 0 Å². The van der Waals surface area contributed by atoms with Gasteiger partial charge in [-0.1, -0.05) is 12.2 Å². The van der Waals surface area contributed by atoms with Crippen molar-refractivity contribution in [2.45, 2.75) is 6.42 Å². The van der Waals surface area contributed by atoms with E-state index in [1.165, 1.54) is 0 Å². The van der Waals surface area contributed by atoms with E-state index >= 15 is 0 Å². The van der Waals surface area contributed by atoms with Crippen LogP contribution in [0, 0.1) is 0 Å². The second kappa shape index (κ2) is 37.3. The molecule has 0 aromatic rings. The number of hydrogen-bond donors (Lipinski definition) is 1. The van der Waals surface area contributed by atoms with E-state index in [1.54, 1.807) is 33.5 Å². The maximum atomic E-state index is 5.34. The first kappa shape index (κ1) is 32.2. The maximum Gasteiger partial charge on any atom is 0.0704 e. The topological polar surface area (TPSA) is 81.4 Å². The summed E-state index contributed by atoms with van der Waals surface area (Å²) in [6.07, 6.45) is 4.54. The van der Waals surface area contributed by atoms with Crippen molar-refractivity contribution in [2.24, 2.45) is 5.73 Å². The molecule has 0 radical (unpaired) electrons. The lowest BCUT2D eigenvalue weighted by molar-refractivity contribution is 0.0713. The Kier molecular flexibility index (Phi) is 42.9. The van der Waals surface area contributed by atoms with E-state index < -0.39 is 0 Å². The van der Waals surface area contributed by atoms with Crippen molar-refractivity contribution in [3.05, 3.63) is 25.3 Å². The minimum Gasteiger partial charge on any atom is -0.382 e. The van der Waals surface area contributed by atoms with Crippen molar-refractivity contribution in [1.29, 1.82) is 0 Å². The zero-order chi connectivity index (χ0) is 21.6. The summed E-state index contributed by atoms with van der Waals surface area (Å²) in [5.41, 5.74) is 5.34. The molecule has 0 saturated heterocycles. The normalized spacial score (nSPS) is 9.71. The third-order valence-corrected chi connectivity index (χ3v) is 3.71. The monoisotopic (exact) mass is 425 g/mol. The number of thioether (sulfide) groups is 1. The van der Waals surface area contributed by atoms with Crippen LogP contribution in [-0.4, -0.2) is 98.8 Å². The Morgan fingerprint density at radius 2 is 1.14 bits per heavy atom. The van der Waals surface area contributed by atoms with Gasteiger partial charge in [-0.25, -0.2) is 0 Å². The van der Waals surface area contributed by atoms with Gasteiger partial charge in [0, 0.05) is 40.2 Å². The zero-order valence-corrected chi connectivity index (χ0v) is 19.0. The molecule has 0 spiro atoms. The van der Waals surface area contributed by atoms with Gasteiger partial charge in [0.1, 0.15) is 0 Å². The number of methoxy groups -OCH3 is 3. The molecule has 0 bridgehead atoms. The van der Waals surface area contributed by atoms with E-state index in [2.05, 4.69) is 13.2 Å². The predicted molar refractivity (Wildman–Crippen MR) is 119 cm³/mol. The van der Waals surface area contributed by atoms with Crippen molar-refractivity contribution in [3.63, 3.8) is 0 Å². The summed E-state index contributed by atoms with van der Waals surface area (Å²) >= 11 is 1.88. The smallest absolute Gasteiger partial charge is 0.0704 e. The van der Waals surface area contributed by atoms with Crippen LogP contribution in [0.4, 0.5) is 0 Å². The van der Waals surface area contributed by atoms with Crippen LogP contribution in [0.3, 0.4) is 0 Å². The van der Waals surface area contributed by atoms with Crippen molar-refractivity contribution < 1.29 is 28.4 Å². The van der Waals surface area contributed by atoms with Crippen molar-refractivity contribution in [1.82, 2.24) is 0 Å². The summed E-state index contributed by atoms with van der Waals surface area (Å²) in [5, 5.41) is 0. The maximum absolute atomic E-state index is 5.34. The summed E-state index contributed by atoms with van der Waals surface area (Å²) < 4.78 is 29.5. The highest BCUT2D eigenvalue weighted by atomic mass is 32.2. The molecule has 0 aliphatic heterocycles. The molecule has 0 heterocycles. The highest BCUT2D eigenvalue weighted by Crippen LogP contribution is 2.00. The highest BCUT2D eigenvalue weighted by Gasteiger charge is 1.89. The van der Waals surface area contributed by atoms with E-state index in [9.17, 15) is 0 Å². The summed E-state index contributed by atoms with van der Waals surface area (Å²) in [6, 6.07) is 0. The molecule has 0 aromatic carbocycles. The molecule has 0 aromatic heterocycles. The largest absolute Gasteiger partial charge is 0.382 e. The molecule has 7 nitrogen and oxygen atoms in total. The number of nitrogens with two attached hydrogens (primary N) is 1. The van der Waals surface area contributed by atoms with E-state index in [0.717, 1.165) is 31.1 Å². The molecule has 0 unspecified atom stereocenters. The molecule has 2 N–H and O–H groups in total. The lowest BCUT2D eigenvalue weighted by Crippen LogP contribution is -2.05. The second-order valence-electron chi connectivity index (χ2n) is 5.07. The molecular weight excluding hydrogens is 382 g/mol. The number of ether oxygens (including phenoxy) is 6. The van der Waals surface area contributed by atoms with E-state index in [-0.39, 0.29) is 0 Å². The molecule has 0 saturated carbocycles. The van der Waals surface area contributed by atoms with Crippen LogP contribution < -0.4 is 5.73 Å². The Labute approximate surface area is 176 Å². The van der Waals surface area contributed by atoms with Crippen LogP contribution in [-0.2, 0) is 28.4 Å². The van der Waals surface area contributed by atoms with E-state index in [0.29, 0.717) is 52.9 Å². The predicted octanol–water partition coefficient (Wildman–Crippen LogP) is 2.40. The minimum absolute atomic E-state index is 0.614. The summed E-state index contributed by atoms with van der Waals surface area (Å²) in [5.74, 6) is 2.20. The first-order valence-electron chi connectivity index (χ1n) is 9.44. The zero-order valence-electron chi connectivity index (χ0n) is 18.2. The van der Waals surface area contributed by atoms with E-state index in [4.69, 9.17) is 34.2 Å². The molecule has 0 aliphatic carbocycles. The summed E-state index contributed by atoms with van der Waals surface area (Å²) in [7, 11) is 4.98. The van der Waals surface area contributed by atoms with Crippen LogP contribution in [0.5, 0.6) is 0 Å². The van der Waals surface area contributed by atoms with Crippen LogP contribution in [0.2, 0.25) is 0 Å². The fourth-order valence-electron chi connectivity index (χ4n) is 1.31. The Morgan fingerprint density at radius 3 is 1.54 bits per heavy atom. The minimum atomic E-state index is 0.614. The molecular formula is C20H43NO6S. The van der Waals surface area contributed by atoms with Crippen molar-refractivity contribution >= 4 is 11.8 Å². The Morgan fingerprint density at radius 1 is 0.679 bits per heavy atom. The fourth-order valence-corrected chi connectivity index (χ4v) is 2.00. The molecule has 0 aliphatic rings. The Balaban J connectivity index is -0.000000347. The molecule has 0 atom stereocenters. The van der Waals surface area contributed by atoms with Gasteiger partial charge in [0.25, 0.3) is 0 Å². The third kappa shape index (κ3) is 44.8. The van der Waals surface area contributed by atoms with Crippen LogP contribution >= 0.6 is 11.8 Å². The van der Waals surface area contributed by atoms with Crippen LogP contribution in [0.25, 0.3) is 0 Å². The molecule has 28 heavy (non-hydrogen) atoms. The highest BCUT2D eigenvalue weighted by molar-refractivity contribution is 7.99. The molecule has 0 amide bonds. The SMILES string of the molecule is C=CCOCCOC.C=CCOCCOC.COCCOCCCSCCN. The Hall–Kier alpha value is -0.450. The van der Waals surface area contributed by atoms with E-state index in [1.807, 2.05) is 11.8 Å². The number of rotatable bonds is 19. The quantitative estimate of drug-likeness (QED) is 0.250. The second-order valence-corrected chi connectivity index (χ2v) is 6.30. The van der Waals surface area contributed by atoms with Gasteiger partial charge in [0.15, 0.2) is 0 Å². The Bertz CT molecular complexity index is 247. The lowest BCUT2D eigenvalue weighted by Gasteiger charge is -2.02. The summed E-state index contributed by atoms with van der Waals surface area (Å²) in [6.45, 7) is 13.8.